The molecule has 2 heteroatoms. The van der Waals surface area contributed by atoms with Crippen molar-refractivity contribution in [2.75, 3.05) is 0 Å². The number of rotatable bonds is 5. The Hall–Kier alpha value is -0.860. The summed E-state index contributed by atoms with van der Waals surface area (Å²) in [6, 6.07) is 10.0. The number of benzene rings is 1. The van der Waals surface area contributed by atoms with Crippen LogP contribution in [0.3, 0.4) is 0 Å². The quantitative estimate of drug-likeness (QED) is 0.853. The van der Waals surface area contributed by atoms with E-state index < -0.39 is 0 Å². The highest BCUT2D eigenvalue weighted by atomic mass is 16.3. The molecule has 0 saturated heterocycles. The van der Waals surface area contributed by atoms with Crippen LogP contribution < -0.4 is 5.32 Å². The molecule has 1 fully saturated rings. The van der Waals surface area contributed by atoms with Gasteiger partial charge in [0.25, 0.3) is 0 Å². The van der Waals surface area contributed by atoms with Crippen LogP contribution in [0.2, 0.25) is 0 Å². The van der Waals surface area contributed by atoms with Crippen molar-refractivity contribution in [3.8, 4) is 0 Å². The predicted molar refractivity (Wildman–Crippen MR) is 80.4 cm³/mol. The molecule has 0 amide bonds. The Kier molecular flexibility index (Phi) is 5.41. The number of nitrogens with one attached hydrogen (secondary N) is 1. The zero-order valence-electron chi connectivity index (χ0n) is 12.2. The van der Waals surface area contributed by atoms with E-state index in [9.17, 15) is 5.11 Å². The van der Waals surface area contributed by atoms with E-state index in [2.05, 4.69) is 43.4 Å². The first kappa shape index (κ1) is 14.5. The van der Waals surface area contributed by atoms with Gasteiger partial charge in [-0.15, -0.1) is 0 Å². The van der Waals surface area contributed by atoms with Crippen LogP contribution in [-0.4, -0.2) is 23.3 Å². The molecule has 0 aromatic heterocycles. The van der Waals surface area contributed by atoms with Gasteiger partial charge in [-0.25, -0.2) is 0 Å². The Morgan fingerprint density at radius 1 is 1.16 bits per heavy atom. The van der Waals surface area contributed by atoms with Gasteiger partial charge < -0.3 is 10.4 Å². The van der Waals surface area contributed by atoms with E-state index in [-0.39, 0.29) is 6.10 Å². The molecule has 1 aliphatic carbocycles. The van der Waals surface area contributed by atoms with E-state index in [0.717, 1.165) is 38.5 Å². The predicted octanol–water partition coefficient (Wildman–Crippen LogP) is 3.21. The van der Waals surface area contributed by atoms with E-state index in [0.29, 0.717) is 12.1 Å². The smallest absolute Gasteiger partial charge is 0.0541 e. The van der Waals surface area contributed by atoms with Crippen molar-refractivity contribution in [3.63, 3.8) is 0 Å². The molecule has 2 rings (SSSR count). The molecule has 0 bridgehead atoms. The average Bonchev–Trinajstić information content (AvgIpc) is 2.43. The minimum Gasteiger partial charge on any atom is -0.393 e. The molecule has 1 atom stereocenters. The molecule has 1 aromatic rings. The van der Waals surface area contributed by atoms with Crippen LogP contribution in [0.1, 0.15) is 50.2 Å². The van der Waals surface area contributed by atoms with Crippen molar-refractivity contribution in [2.45, 2.75) is 70.6 Å². The Labute approximate surface area is 117 Å². The van der Waals surface area contributed by atoms with Gasteiger partial charge >= 0.3 is 0 Å². The maximum absolute atomic E-state index is 9.55. The summed E-state index contributed by atoms with van der Waals surface area (Å²) in [6.45, 7) is 4.39. The fourth-order valence-corrected chi connectivity index (χ4v) is 2.91. The largest absolute Gasteiger partial charge is 0.393 e. The summed E-state index contributed by atoms with van der Waals surface area (Å²) in [5, 5.41) is 13.3. The van der Waals surface area contributed by atoms with E-state index in [1.807, 2.05) is 0 Å². The van der Waals surface area contributed by atoms with Gasteiger partial charge in [0.1, 0.15) is 0 Å². The SMILES string of the molecule is CCC(Cc1ccc(C)cc1)NC1CCC(O)CC1. The highest BCUT2D eigenvalue weighted by molar-refractivity contribution is 5.22. The summed E-state index contributed by atoms with van der Waals surface area (Å²) in [5.74, 6) is 0. The van der Waals surface area contributed by atoms with Gasteiger partial charge in [0, 0.05) is 12.1 Å². The zero-order chi connectivity index (χ0) is 13.7. The molecular formula is C17H27NO. The second kappa shape index (κ2) is 7.06. The first-order valence-electron chi connectivity index (χ1n) is 7.67. The third kappa shape index (κ3) is 4.63. The number of hydrogen-bond donors (Lipinski definition) is 2. The number of aliphatic hydroxyl groups excluding tert-OH is 1. The van der Waals surface area contributed by atoms with E-state index in [1.54, 1.807) is 0 Å². The third-order valence-corrected chi connectivity index (χ3v) is 4.26. The van der Waals surface area contributed by atoms with Crippen LogP contribution in [0.4, 0.5) is 0 Å². The molecule has 0 heterocycles. The van der Waals surface area contributed by atoms with Crippen LogP contribution in [0.5, 0.6) is 0 Å². The van der Waals surface area contributed by atoms with Crippen molar-refractivity contribution in [1.82, 2.24) is 5.32 Å². The maximum Gasteiger partial charge on any atom is 0.0541 e. The molecule has 0 aliphatic heterocycles. The van der Waals surface area contributed by atoms with Gasteiger partial charge in [0.15, 0.2) is 0 Å². The molecule has 0 radical (unpaired) electrons. The lowest BCUT2D eigenvalue weighted by molar-refractivity contribution is 0.114. The van der Waals surface area contributed by atoms with Crippen LogP contribution in [0, 0.1) is 6.92 Å². The van der Waals surface area contributed by atoms with Crippen LogP contribution >= 0.6 is 0 Å². The van der Waals surface area contributed by atoms with Gasteiger partial charge in [-0.05, 0) is 51.0 Å². The number of aliphatic hydroxyl groups is 1. The first-order chi connectivity index (χ1) is 9.17. The van der Waals surface area contributed by atoms with E-state index in [4.69, 9.17) is 0 Å². The Morgan fingerprint density at radius 3 is 2.37 bits per heavy atom. The van der Waals surface area contributed by atoms with Crippen molar-refractivity contribution < 1.29 is 5.11 Å². The van der Waals surface area contributed by atoms with Crippen LogP contribution in [0.25, 0.3) is 0 Å². The van der Waals surface area contributed by atoms with Gasteiger partial charge in [0.05, 0.1) is 6.10 Å². The number of hydrogen-bond acceptors (Lipinski definition) is 2. The molecule has 1 aromatic carbocycles. The van der Waals surface area contributed by atoms with Gasteiger partial charge in [-0.1, -0.05) is 36.8 Å². The summed E-state index contributed by atoms with van der Waals surface area (Å²) in [7, 11) is 0. The molecule has 2 N–H and O–H groups in total. The van der Waals surface area contributed by atoms with Crippen molar-refractivity contribution >= 4 is 0 Å². The fraction of sp³-hybridized carbons (Fsp3) is 0.647. The number of aryl methyl sites for hydroxylation is 1. The van der Waals surface area contributed by atoms with Gasteiger partial charge in [0.2, 0.25) is 0 Å². The lowest BCUT2D eigenvalue weighted by Gasteiger charge is -2.30. The highest BCUT2D eigenvalue weighted by Gasteiger charge is 2.21. The van der Waals surface area contributed by atoms with Crippen molar-refractivity contribution in [3.05, 3.63) is 35.4 Å². The Bertz CT molecular complexity index is 365. The van der Waals surface area contributed by atoms with Crippen LogP contribution in [-0.2, 0) is 6.42 Å². The molecule has 19 heavy (non-hydrogen) atoms. The summed E-state index contributed by atoms with van der Waals surface area (Å²) in [4.78, 5) is 0. The second-order valence-corrected chi connectivity index (χ2v) is 5.97. The topological polar surface area (TPSA) is 32.3 Å². The molecule has 2 nitrogen and oxygen atoms in total. The Morgan fingerprint density at radius 2 is 1.79 bits per heavy atom. The Balaban J connectivity index is 1.84. The standard InChI is InChI=1S/C17H27NO/c1-3-15(12-14-6-4-13(2)5-7-14)18-16-8-10-17(19)11-9-16/h4-7,15-19H,3,8-12H2,1-2H3. The lowest BCUT2D eigenvalue weighted by Crippen LogP contribution is -2.42. The zero-order valence-corrected chi connectivity index (χ0v) is 12.2. The summed E-state index contributed by atoms with van der Waals surface area (Å²) in [5.41, 5.74) is 2.74. The summed E-state index contributed by atoms with van der Waals surface area (Å²) in [6.07, 6.45) is 6.35. The molecule has 0 spiro atoms. The minimum absolute atomic E-state index is 0.0600. The lowest BCUT2D eigenvalue weighted by atomic mass is 9.91. The van der Waals surface area contributed by atoms with E-state index >= 15 is 0 Å². The maximum atomic E-state index is 9.55. The second-order valence-electron chi connectivity index (χ2n) is 5.97. The summed E-state index contributed by atoms with van der Waals surface area (Å²) < 4.78 is 0. The first-order valence-corrected chi connectivity index (χ1v) is 7.67. The van der Waals surface area contributed by atoms with Crippen molar-refractivity contribution in [2.24, 2.45) is 0 Å². The van der Waals surface area contributed by atoms with E-state index in [1.165, 1.54) is 11.1 Å². The highest BCUT2D eigenvalue weighted by Crippen LogP contribution is 2.19. The molecule has 1 aliphatic rings. The average molecular weight is 261 g/mol. The monoisotopic (exact) mass is 261 g/mol. The van der Waals surface area contributed by atoms with Gasteiger partial charge in [-0.2, -0.15) is 0 Å². The minimum atomic E-state index is -0.0600. The fourth-order valence-electron chi connectivity index (χ4n) is 2.91. The summed E-state index contributed by atoms with van der Waals surface area (Å²) >= 11 is 0. The van der Waals surface area contributed by atoms with Crippen molar-refractivity contribution in [1.29, 1.82) is 0 Å². The third-order valence-electron chi connectivity index (χ3n) is 4.26. The molecule has 106 valence electrons. The molecule has 1 unspecified atom stereocenters. The van der Waals surface area contributed by atoms with Crippen LogP contribution in [0.15, 0.2) is 24.3 Å². The molecular weight excluding hydrogens is 234 g/mol. The normalized spacial score (nSPS) is 25.2. The molecule has 1 saturated carbocycles. The van der Waals surface area contributed by atoms with Gasteiger partial charge in [-0.3, -0.25) is 0 Å².